The molecule has 3 atom stereocenters. The fourth-order valence-corrected chi connectivity index (χ4v) is 3.63. The van der Waals surface area contributed by atoms with E-state index in [0.29, 0.717) is 12.0 Å². The van der Waals surface area contributed by atoms with E-state index in [1.807, 2.05) is 0 Å². The van der Waals surface area contributed by atoms with Crippen LogP contribution in [0.4, 0.5) is 0 Å². The van der Waals surface area contributed by atoms with E-state index in [1.165, 1.54) is 36.8 Å². The fourth-order valence-electron chi connectivity index (χ4n) is 3.63. The predicted molar refractivity (Wildman–Crippen MR) is 85.0 cm³/mol. The monoisotopic (exact) mass is 286 g/mol. The minimum absolute atomic E-state index is 0.0737. The summed E-state index contributed by atoms with van der Waals surface area (Å²) in [6.07, 6.45) is 7.05. The maximum absolute atomic E-state index is 12.6. The standard InChI is InChI=1S/C18H26N2O/c1-13-7-3-2-4-10-16(13)20-18(21)17-11-14-8-5-6-9-15(14)12-19-17/h5-6,8-9,13,16-17,19H,2-4,7,10-12H2,1H3,(H,20,21)/t13?,16?,17-/m0/s1. The maximum Gasteiger partial charge on any atom is 0.237 e. The van der Waals surface area contributed by atoms with E-state index in [-0.39, 0.29) is 11.9 Å². The zero-order chi connectivity index (χ0) is 14.7. The Morgan fingerprint density at radius 2 is 1.90 bits per heavy atom. The number of amides is 1. The number of nitrogens with one attached hydrogen (secondary N) is 2. The highest BCUT2D eigenvalue weighted by Crippen LogP contribution is 2.23. The van der Waals surface area contributed by atoms with E-state index in [1.54, 1.807) is 0 Å². The minimum Gasteiger partial charge on any atom is -0.352 e. The number of fused-ring (bicyclic) bond motifs is 1. The topological polar surface area (TPSA) is 41.1 Å². The average Bonchev–Trinajstić information content (AvgIpc) is 2.72. The van der Waals surface area contributed by atoms with E-state index < -0.39 is 0 Å². The van der Waals surface area contributed by atoms with Crippen molar-refractivity contribution in [2.24, 2.45) is 5.92 Å². The van der Waals surface area contributed by atoms with Crippen molar-refractivity contribution in [2.45, 2.75) is 64.1 Å². The summed E-state index contributed by atoms with van der Waals surface area (Å²) in [4.78, 5) is 12.6. The van der Waals surface area contributed by atoms with Crippen LogP contribution in [0.1, 0.15) is 50.2 Å². The second kappa shape index (κ2) is 6.61. The van der Waals surface area contributed by atoms with Crippen LogP contribution in [0.15, 0.2) is 24.3 Å². The molecule has 114 valence electrons. The molecule has 3 heteroatoms. The van der Waals surface area contributed by atoms with Crippen LogP contribution in [0.5, 0.6) is 0 Å². The highest BCUT2D eigenvalue weighted by Gasteiger charge is 2.27. The summed E-state index contributed by atoms with van der Waals surface area (Å²) in [7, 11) is 0. The zero-order valence-corrected chi connectivity index (χ0v) is 12.9. The summed E-state index contributed by atoms with van der Waals surface area (Å²) in [5.74, 6) is 0.788. The van der Waals surface area contributed by atoms with E-state index in [2.05, 4.69) is 41.8 Å². The Kier molecular flexibility index (Phi) is 4.59. The largest absolute Gasteiger partial charge is 0.352 e. The van der Waals surface area contributed by atoms with Gasteiger partial charge < -0.3 is 10.6 Å². The van der Waals surface area contributed by atoms with E-state index in [9.17, 15) is 4.79 Å². The highest BCUT2D eigenvalue weighted by atomic mass is 16.2. The molecule has 1 fully saturated rings. The van der Waals surface area contributed by atoms with Gasteiger partial charge >= 0.3 is 0 Å². The Balaban J connectivity index is 1.61. The molecule has 21 heavy (non-hydrogen) atoms. The molecule has 1 aliphatic heterocycles. The van der Waals surface area contributed by atoms with Crippen molar-refractivity contribution in [2.75, 3.05) is 0 Å². The molecule has 1 saturated carbocycles. The quantitative estimate of drug-likeness (QED) is 0.821. The van der Waals surface area contributed by atoms with Gasteiger partial charge in [-0.2, -0.15) is 0 Å². The lowest BCUT2D eigenvalue weighted by Gasteiger charge is -2.29. The van der Waals surface area contributed by atoms with E-state index >= 15 is 0 Å². The lowest BCUT2D eigenvalue weighted by molar-refractivity contribution is -0.124. The lowest BCUT2D eigenvalue weighted by atomic mass is 9.93. The third-order valence-electron chi connectivity index (χ3n) is 5.09. The van der Waals surface area contributed by atoms with E-state index in [0.717, 1.165) is 19.4 Å². The molecule has 3 rings (SSSR count). The molecule has 1 heterocycles. The first-order valence-corrected chi connectivity index (χ1v) is 8.34. The number of hydrogen-bond donors (Lipinski definition) is 2. The van der Waals surface area contributed by atoms with Crippen LogP contribution in [0, 0.1) is 5.92 Å². The van der Waals surface area contributed by atoms with Crippen molar-refractivity contribution in [3.05, 3.63) is 35.4 Å². The molecule has 0 spiro atoms. The highest BCUT2D eigenvalue weighted by molar-refractivity contribution is 5.82. The van der Waals surface area contributed by atoms with Gasteiger partial charge in [-0.1, -0.05) is 50.5 Å². The van der Waals surface area contributed by atoms with Crippen molar-refractivity contribution >= 4 is 5.91 Å². The van der Waals surface area contributed by atoms with Crippen LogP contribution in [-0.2, 0) is 17.8 Å². The van der Waals surface area contributed by atoms with Crippen molar-refractivity contribution in [1.82, 2.24) is 10.6 Å². The van der Waals surface area contributed by atoms with Gasteiger partial charge in [-0.25, -0.2) is 0 Å². The predicted octanol–water partition coefficient (Wildman–Crippen LogP) is 2.79. The SMILES string of the molecule is CC1CCCCCC1NC(=O)[C@@H]1Cc2ccccc2CN1. The number of hydrogen-bond acceptors (Lipinski definition) is 2. The minimum atomic E-state index is -0.0737. The molecule has 2 unspecified atom stereocenters. The number of rotatable bonds is 2. The first-order valence-electron chi connectivity index (χ1n) is 8.34. The smallest absolute Gasteiger partial charge is 0.237 e. The lowest BCUT2D eigenvalue weighted by Crippen LogP contribution is -2.51. The summed E-state index contributed by atoms with van der Waals surface area (Å²) >= 11 is 0. The Morgan fingerprint density at radius 3 is 2.76 bits per heavy atom. The molecular weight excluding hydrogens is 260 g/mol. The van der Waals surface area contributed by atoms with Gasteiger partial charge in [0.2, 0.25) is 5.91 Å². The summed E-state index contributed by atoms with van der Waals surface area (Å²) in [6, 6.07) is 8.70. The Morgan fingerprint density at radius 1 is 1.14 bits per heavy atom. The molecule has 1 aliphatic carbocycles. The first-order chi connectivity index (χ1) is 10.2. The van der Waals surface area contributed by atoms with Gasteiger partial charge in [0.25, 0.3) is 0 Å². The van der Waals surface area contributed by atoms with Crippen molar-refractivity contribution < 1.29 is 4.79 Å². The van der Waals surface area contributed by atoms with Crippen molar-refractivity contribution in [3.8, 4) is 0 Å². The van der Waals surface area contributed by atoms with Crippen LogP contribution in [-0.4, -0.2) is 18.0 Å². The molecule has 0 saturated heterocycles. The van der Waals surface area contributed by atoms with Crippen LogP contribution in [0.2, 0.25) is 0 Å². The first kappa shape index (κ1) is 14.6. The van der Waals surface area contributed by atoms with Crippen molar-refractivity contribution in [3.63, 3.8) is 0 Å². The van der Waals surface area contributed by atoms with Gasteiger partial charge in [-0.3, -0.25) is 4.79 Å². The zero-order valence-electron chi connectivity index (χ0n) is 12.9. The third-order valence-corrected chi connectivity index (χ3v) is 5.09. The van der Waals surface area contributed by atoms with Crippen LogP contribution in [0.25, 0.3) is 0 Å². The Hall–Kier alpha value is -1.35. The van der Waals surface area contributed by atoms with Crippen LogP contribution >= 0.6 is 0 Å². The summed E-state index contributed by atoms with van der Waals surface area (Å²) in [5.41, 5.74) is 2.63. The third kappa shape index (κ3) is 3.46. The van der Waals surface area contributed by atoms with Gasteiger partial charge in [0, 0.05) is 12.6 Å². The molecule has 1 amide bonds. The Labute approximate surface area is 127 Å². The summed E-state index contributed by atoms with van der Waals surface area (Å²) in [5, 5.41) is 6.69. The summed E-state index contributed by atoms with van der Waals surface area (Å²) in [6.45, 7) is 3.08. The molecular formula is C18H26N2O. The van der Waals surface area contributed by atoms with Gasteiger partial charge in [0.15, 0.2) is 0 Å². The molecule has 0 aromatic heterocycles. The Bertz CT molecular complexity index is 500. The number of carbonyl (C=O) groups is 1. The molecule has 1 aromatic carbocycles. The number of carbonyl (C=O) groups excluding carboxylic acids is 1. The van der Waals surface area contributed by atoms with Gasteiger partial charge in [0.05, 0.1) is 6.04 Å². The van der Waals surface area contributed by atoms with Crippen molar-refractivity contribution in [1.29, 1.82) is 0 Å². The normalized spacial score (nSPS) is 29.3. The van der Waals surface area contributed by atoms with Gasteiger partial charge in [-0.05, 0) is 36.3 Å². The van der Waals surface area contributed by atoms with Gasteiger partial charge in [0.1, 0.15) is 0 Å². The second-order valence-corrected chi connectivity index (χ2v) is 6.64. The van der Waals surface area contributed by atoms with Gasteiger partial charge in [-0.15, -0.1) is 0 Å². The fraction of sp³-hybridized carbons (Fsp3) is 0.611. The van der Waals surface area contributed by atoms with Crippen LogP contribution < -0.4 is 10.6 Å². The molecule has 3 nitrogen and oxygen atoms in total. The number of benzene rings is 1. The van der Waals surface area contributed by atoms with E-state index in [4.69, 9.17) is 0 Å². The molecule has 1 aromatic rings. The molecule has 2 N–H and O–H groups in total. The average molecular weight is 286 g/mol. The second-order valence-electron chi connectivity index (χ2n) is 6.64. The molecule has 2 aliphatic rings. The molecule has 0 bridgehead atoms. The van der Waals surface area contributed by atoms with Crippen LogP contribution in [0.3, 0.4) is 0 Å². The summed E-state index contributed by atoms with van der Waals surface area (Å²) < 4.78 is 0. The maximum atomic E-state index is 12.6. The molecule has 0 radical (unpaired) electrons.